The van der Waals surface area contributed by atoms with E-state index in [0.29, 0.717) is 5.75 Å². The van der Waals surface area contributed by atoms with Crippen molar-refractivity contribution in [3.8, 4) is 0 Å². The molecule has 0 bridgehead atoms. The van der Waals surface area contributed by atoms with E-state index in [1.54, 1.807) is 11.8 Å². The minimum Gasteiger partial charge on any atom is -0.399 e. The monoisotopic (exact) mass is 297 g/mol. The molecule has 0 aromatic heterocycles. The van der Waals surface area contributed by atoms with Gasteiger partial charge in [-0.3, -0.25) is 0 Å². The predicted molar refractivity (Wildman–Crippen MR) is 78.7 cm³/mol. The van der Waals surface area contributed by atoms with Crippen LogP contribution in [0.25, 0.3) is 0 Å². The molecule has 2 aromatic carbocycles. The molecule has 0 spiro atoms. The normalized spacial score (nSPS) is 10.6. The van der Waals surface area contributed by atoms with Crippen LogP contribution in [0.5, 0.6) is 0 Å². The van der Waals surface area contributed by atoms with Crippen LogP contribution in [0.15, 0.2) is 52.3 Å². The average Bonchev–Trinajstić information content (AvgIpc) is 2.38. The van der Waals surface area contributed by atoms with Gasteiger partial charge < -0.3 is 5.73 Å². The highest BCUT2D eigenvalue weighted by Gasteiger charge is 2.10. The zero-order valence-corrected chi connectivity index (χ0v) is 11.7. The highest BCUT2D eigenvalue weighted by molar-refractivity contribution is 8.03. The summed E-state index contributed by atoms with van der Waals surface area (Å²) < 4.78 is 27.0. The Bertz CT molecular complexity index is 523. The van der Waals surface area contributed by atoms with Crippen molar-refractivity contribution in [2.45, 2.75) is 9.79 Å². The molecule has 1 nitrogen and oxygen atoms in total. The van der Waals surface area contributed by atoms with E-state index in [9.17, 15) is 8.78 Å². The summed E-state index contributed by atoms with van der Waals surface area (Å²) >= 11 is 2.84. The number of hydrogen-bond acceptors (Lipinski definition) is 3. The van der Waals surface area contributed by atoms with E-state index < -0.39 is 11.6 Å². The summed E-state index contributed by atoms with van der Waals surface area (Å²) in [4.78, 5) is 1.20. The van der Waals surface area contributed by atoms with Gasteiger partial charge in [0.15, 0.2) is 0 Å². The maximum atomic E-state index is 13.5. The molecule has 0 atom stereocenters. The first-order chi connectivity index (χ1) is 9.16. The molecule has 0 aliphatic rings. The Balaban J connectivity index is 1.86. The first kappa shape index (κ1) is 14.2. The Morgan fingerprint density at radius 3 is 2.11 bits per heavy atom. The Morgan fingerprint density at radius 1 is 0.895 bits per heavy atom. The van der Waals surface area contributed by atoms with Gasteiger partial charge in [0.05, 0.1) is 4.90 Å². The topological polar surface area (TPSA) is 26.0 Å². The van der Waals surface area contributed by atoms with Crippen LogP contribution in [0, 0.1) is 11.6 Å². The van der Waals surface area contributed by atoms with E-state index in [0.717, 1.165) is 22.8 Å². The van der Waals surface area contributed by atoms with E-state index in [1.807, 2.05) is 30.3 Å². The highest BCUT2D eigenvalue weighted by Crippen LogP contribution is 2.28. The van der Waals surface area contributed by atoms with E-state index in [1.165, 1.54) is 11.8 Å². The van der Waals surface area contributed by atoms with Crippen molar-refractivity contribution in [3.05, 3.63) is 54.1 Å². The highest BCUT2D eigenvalue weighted by atomic mass is 32.2. The van der Waals surface area contributed by atoms with Crippen LogP contribution in [0.2, 0.25) is 0 Å². The van der Waals surface area contributed by atoms with Crippen LogP contribution in [-0.4, -0.2) is 11.5 Å². The quantitative estimate of drug-likeness (QED) is 0.502. The molecule has 0 radical (unpaired) electrons. The van der Waals surface area contributed by atoms with E-state index >= 15 is 0 Å². The molecule has 0 aliphatic heterocycles. The number of nitrogen functional groups attached to an aromatic ring is 1. The second-order valence-corrected chi connectivity index (χ2v) is 6.10. The third kappa shape index (κ3) is 4.14. The average molecular weight is 297 g/mol. The molecule has 0 heterocycles. The number of hydrogen-bond donors (Lipinski definition) is 1. The smallest absolute Gasteiger partial charge is 0.141 e. The maximum absolute atomic E-state index is 13.5. The standard InChI is InChI=1S/C14H13F2NS2/c15-12-8-10(17)9-13(16)14(12)19-7-6-18-11-4-2-1-3-5-11/h1-5,8-9H,6-7,17H2. The summed E-state index contributed by atoms with van der Waals surface area (Å²) in [5.74, 6) is 0.245. The third-order valence-electron chi connectivity index (χ3n) is 2.36. The van der Waals surface area contributed by atoms with Crippen LogP contribution in [0.1, 0.15) is 0 Å². The van der Waals surface area contributed by atoms with Gasteiger partial charge in [0.2, 0.25) is 0 Å². The van der Waals surface area contributed by atoms with Crippen LogP contribution < -0.4 is 5.73 Å². The maximum Gasteiger partial charge on any atom is 0.141 e. The minimum atomic E-state index is -0.591. The summed E-state index contributed by atoms with van der Waals surface area (Å²) in [7, 11) is 0. The van der Waals surface area contributed by atoms with Crippen LogP contribution in [-0.2, 0) is 0 Å². The molecule has 0 fully saturated rings. The zero-order valence-electron chi connectivity index (χ0n) is 10.1. The van der Waals surface area contributed by atoms with Gasteiger partial charge in [0, 0.05) is 22.1 Å². The van der Waals surface area contributed by atoms with Gasteiger partial charge in [-0.1, -0.05) is 18.2 Å². The fourth-order valence-electron chi connectivity index (χ4n) is 1.54. The van der Waals surface area contributed by atoms with Crippen molar-refractivity contribution in [2.75, 3.05) is 17.2 Å². The zero-order chi connectivity index (χ0) is 13.7. The number of thioether (sulfide) groups is 2. The molecule has 0 amide bonds. The lowest BCUT2D eigenvalue weighted by molar-refractivity contribution is 0.542. The van der Waals surface area contributed by atoms with E-state index in [2.05, 4.69) is 0 Å². The molecule has 100 valence electrons. The number of benzene rings is 2. The van der Waals surface area contributed by atoms with Crippen LogP contribution >= 0.6 is 23.5 Å². The molecule has 2 N–H and O–H groups in total. The van der Waals surface area contributed by atoms with Crippen molar-refractivity contribution in [3.63, 3.8) is 0 Å². The lowest BCUT2D eigenvalue weighted by atomic mass is 10.3. The van der Waals surface area contributed by atoms with Crippen LogP contribution in [0.4, 0.5) is 14.5 Å². The lowest BCUT2D eigenvalue weighted by Crippen LogP contribution is -1.94. The Labute approximate surface area is 119 Å². The molecule has 0 saturated carbocycles. The summed E-state index contributed by atoms with van der Waals surface area (Å²) in [5, 5.41) is 0. The number of anilines is 1. The van der Waals surface area contributed by atoms with Crippen molar-refractivity contribution >= 4 is 29.2 Å². The molecular formula is C14H13F2NS2. The van der Waals surface area contributed by atoms with Crippen molar-refractivity contribution in [1.82, 2.24) is 0 Å². The SMILES string of the molecule is Nc1cc(F)c(SCCSc2ccccc2)c(F)c1. The van der Waals surface area contributed by atoms with E-state index in [-0.39, 0.29) is 10.6 Å². The first-order valence-electron chi connectivity index (χ1n) is 5.72. The summed E-state index contributed by atoms with van der Waals surface area (Å²) in [6.45, 7) is 0. The van der Waals surface area contributed by atoms with Gasteiger partial charge in [0.25, 0.3) is 0 Å². The van der Waals surface area contributed by atoms with Crippen LogP contribution in [0.3, 0.4) is 0 Å². The summed E-state index contributed by atoms with van der Waals surface area (Å²) in [6.07, 6.45) is 0. The van der Waals surface area contributed by atoms with Crippen molar-refractivity contribution in [2.24, 2.45) is 0 Å². The fourth-order valence-corrected chi connectivity index (χ4v) is 3.39. The first-order valence-corrected chi connectivity index (χ1v) is 7.69. The molecule has 2 aromatic rings. The number of rotatable bonds is 5. The summed E-state index contributed by atoms with van der Waals surface area (Å²) in [5.41, 5.74) is 5.48. The Kier molecular flexibility index (Phi) is 5.10. The molecule has 19 heavy (non-hydrogen) atoms. The molecule has 2 rings (SSSR count). The molecule has 0 saturated heterocycles. The van der Waals surface area contributed by atoms with Gasteiger partial charge in [-0.25, -0.2) is 8.78 Å². The summed E-state index contributed by atoms with van der Waals surface area (Å²) in [6, 6.07) is 12.2. The second kappa shape index (κ2) is 6.82. The molecule has 0 aliphatic carbocycles. The van der Waals surface area contributed by atoms with E-state index in [4.69, 9.17) is 5.73 Å². The minimum absolute atomic E-state index is 0.0443. The van der Waals surface area contributed by atoms with Crippen molar-refractivity contribution in [1.29, 1.82) is 0 Å². The molecule has 0 unspecified atom stereocenters. The van der Waals surface area contributed by atoms with Gasteiger partial charge in [-0.15, -0.1) is 23.5 Å². The number of nitrogens with two attached hydrogens (primary N) is 1. The largest absolute Gasteiger partial charge is 0.399 e. The Morgan fingerprint density at radius 2 is 1.47 bits per heavy atom. The molecular weight excluding hydrogens is 284 g/mol. The van der Waals surface area contributed by atoms with Gasteiger partial charge >= 0.3 is 0 Å². The van der Waals surface area contributed by atoms with Crippen molar-refractivity contribution < 1.29 is 8.78 Å². The third-order valence-corrected chi connectivity index (χ3v) is 4.72. The predicted octanol–water partition coefficient (Wildman–Crippen LogP) is 4.43. The second-order valence-electron chi connectivity index (χ2n) is 3.82. The number of halogens is 2. The van der Waals surface area contributed by atoms with Gasteiger partial charge in [-0.2, -0.15) is 0 Å². The Hall–Kier alpha value is -1.20. The van der Waals surface area contributed by atoms with Gasteiger partial charge in [0.1, 0.15) is 11.6 Å². The fraction of sp³-hybridized carbons (Fsp3) is 0.143. The van der Waals surface area contributed by atoms with Gasteiger partial charge in [-0.05, 0) is 24.3 Å². The molecule has 5 heteroatoms. The lowest BCUT2D eigenvalue weighted by Gasteiger charge is -2.06.